The first-order valence-electron chi connectivity index (χ1n) is 5.40. The Morgan fingerprint density at radius 3 is 2.11 bits per heavy atom. The van der Waals surface area contributed by atoms with Crippen LogP contribution in [0.3, 0.4) is 0 Å². The number of aromatic carboxylic acids is 1. The quantitative estimate of drug-likeness (QED) is 0.919. The van der Waals surface area contributed by atoms with Gasteiger partial charge in [0.15, 0.2) is 11.7 Å². The number of aromatic nitrogens is 1. The minimum atomic E-state index is -1.12. The number of carboxylic acid groups (broad SMARTS) is 1. The predicted octanol–water partition coefficient (Wildman–Crippen LogP) is 3.54. The molecule has 0 saturated heterocycles. The molecule has 96 valence electrons. The van der Waals surface area contributed by atoms with E-state index in [0.717, 1.165) is 0 Å². The molecule has 0 aliphatic carbocycles. The SMILES string of the molecule is O=C(O)c1ccc(/C(F)=C(\F)c2ccccn2)cc1. The molecule has 1 heterocycles. The van der Waals surface area contributed by atoms with Gasteiger partial charge in [-0.05, 0) is 24.3 Å². The lowest BCUT2D eigenvalue weighted by molar-refractivity contribution is 0.0697. The van der Waals surface area contributed by atoms with Crippen LogP contribution in [0.1, 0.15) is 21.6 Å². The van der Waals surface area contributed by atoms with E-state index in [1.165, 1.54) is 36.5 Å². The maximum Gasteiger partial charge on any atom is 0.335 e. The van der Waals surface area contributed by atoms with E-state index in [4.69, 9.17) is 5.11 Å². The summed E-state index contributed by atoms with van der Waals surface area (Å²) in [5.41, 5.74) is -0.134. The molecule has 1 aromatic carbocycles. The van der Waals surface area contributed by atoms with Gasteiger partial charge in [0.1, 0.15) is 5.69 Å². The highest BCUT2D eigenvalue weighted by Crippen LogP contribution is 2.27. The normalized spacial score (nSPS) is 11.9. The zero-order valence-corrected chi connectivity index (χ0v) is 9.68. The van der Waals surface area contributed by atoms with Crippen LogP contribution in [0.25, 0.3) is 11.7 Å². The standard InChI is InChI=1S/C14H9F2NO2/c15-12(13(16)11-3-1-2-8-17-11)9-4-6-10(7-5-9)14(18)19/h1-8H,(H,18,19)/b13-12+. The van der Waals surface area contributed by atoms with E-state index in [9.17, 15) is 13.6 Å². The van der Waals surface area contributed by atoms with E-state index in [1.807, 2.05) is 0 Å². The molecule has 0 radical (unpaired) electrons. The largest absolute Gasteiger partial charge is 0.478 e. The number of rotatable bonds is 3. The van der Waals surface area contributed by atoms with Crippen molar-refractivity contribution in [3.8, 4) is 0 Å². The van der Waals surface area contributed by atoms with Crippen molar-refractivity contribution in [2.24, 2.45) is 0 Å². The highest BCUT2D eigenvalue weighted by atomic mass is 19.2. The summed E-state index contributed by atoms with van der Waals surface area (Å²) in [6.45, 7) is 0. The summed E-state index contributed by atoms with van der Waals surface area (Å²) in [6, 6.07) is 9.33. The Balaban J connectivity index is 2.38. The third-order valence-corrected chi connectivity index (χ3v) is 2.47. The zero-order valence-electron chi connectivity index (χ0n) is 9.68. The second-order valence-electron chi connectivity index (χ2n) is 3.73. The van der Waals surface area contributed by atoms with Gasteiger partial charge in [-0.1, -0.05) is 18.2 Å². The zero-order chi connectivity index (χ0) is 13.8. The van der Waals surface area contributed by atoms with Gasteiger partial charge in [-0.15, -0.1) is 0 Å². The van der Waals surface area contributed by atoms with Crippen LogP contribution in [0, 0.1) is 0 Å². The van der Waals surface area contributed by atoms with E-state index in [1.54, 1.807) is 12.1 Å². The van der Waals surface area contributed by atoms with Crippen LogP contribution in [-0.4, -0.2) is 16.1 Å². The van der Waals surface area contributed by atoms with Crippen LogP contribution < -0.4 is 0 Å². The van der Waals surface area contributed by atoms with Crippen molar-refractivity contribution in [2.75, 3.05) is 0 Å². The number of nitrogens with zero attached hydrogens (tertiary/aromatic N) is 1. The van der Waals surface area contributed by atoms with Gasteiger partial charge in [0.2, 0.25) is 0 Å². The molecule has 0 atom stereocenters. The molecule has 1 aromatic heterocycles. The van der Waals surface area contributed by atoms with E-state index in [-0.39, 0.29) is 16.8 Å². The lowest BCUT2D eigenvalue weighted by Crippen LogP contribution is -1.95. The van der Waals surface area contributed by atoms with E-state index in [2.05, 4.69) is 4.98 Å². The molecule has 0 aliphatic rings. The first kappa shape index (κ1) is 12.9. The molecule has 0 aliphatic heterocycles. The second kappa shape index (κ2) is 5.39. The molecule has 5 heteroatoms. The van der Waals surface area contributed by atoms with Crippen molar-refractivity contribution in [2.45, 2.75) is 0 Å². The molecule has 0 amide bonds. The number of hydrogen-bond acceptors (Lipinski definition) is 2. The van der Waals surface area contributed by atoms with Crippen LogP contribution in [0.2, 0.25) is 0 Å². The number of carboxylic acids is 1. The third-order valence-electron chi connectivity index (χ3n) is 2.47. The van der Waals surface area contributed by atoms with Crippen molar-refractivity contribution in [1.82, 2.24) is 4.98 Å². The first-order valence-corrected chi connectivity index (χ1v) is 5.40. The van der Waals surface area contributed by atoms with Gasteiger partial charge in [0.25, 0.3) is 0 Å². The smallest absolute Gasteiger partial charge is 0.335 e. The van der Waals surface area contributed by atoms with Crippen LogP contribution in [-0.2, 0) is 0 Å². The van der Waals surface area contributed by atoms with Crippen molar-refractivity contribution in [3.63, 3.8) is 0 Å². The van der Waals surface area contributed by atoms with Gasteiger partial charge in [0.05, 0.1) is 5.56 Å². The molecule has 0 saturated carbocycles. The number of pyridine rings is 1. The summed E-state index contributed by atoms with van der Waals surface area (Å²) in [4.78, 5) is 14.4. The van der Waals surface area contributed by atoms with Gasteiger partial charge < -0.3 is 5.11 Å². The average Bonchev–Trinajstić information content (AvgIpc) is 2.46. The molecule has 0 unspecified atom stereocenters. The topological polar surface area (TPSA) is 50.2 Å². The molecular formula is C14H9F2NO2. The van der Waals surface area contributed by atoms with Crippen LogP contribution in [0.5, 0.6) is 0 Å². The molecule has 0 bridgehead atoms. The number of halogens is 2. The maximum absolute atomic E-state index is 13.9. The third kappa shape index (κ3) is 2.82. The molecule has 1 N–H and O–H groups in total. The lowest BCUT2D eigenvalue weighted by Gasteiger charge is -2.02. The van der Waals surface area contributed by atoms with Gasteiger partial charge in [0, 0.05) is 11.8 Å². The Hall–Kier alpha value is -2.56. The Morgan fingerprint density at radius 1 is 0.947 bits per heavy atom. The minimum Gasteiger partial charge on any atom is -0.478 e. The van der Waals surface area contributed by atoms with Gasteiger partial charge >= 0.3 is 5.97 Å². The monoisotopic (exact) mass is 261 g/mol. The molecule has 19 heavy (non-hydrogen) atoms. The predicted molar refractivity (Wildman–Crippen MR) is 66.7 cm³/mol. The van der Waals surface area contributed by atoms with Crippen LogP contribution in [0.4, 0.5) is 8.78 Å². The molecule has 2 aromatic rings. The molecule has 3 nitrogen and oxygen atoms in total. The van der Waals surface area contributed by atoms with Gasteiger partial charge in [-0.2, -0.15) is 0 Å². The lowest BCUT2D eigenvalue weighted by atomic mass is 10.1. The summed E-state index contributed by atoms with van der Waals surface area (Å²) < 4.78 is 27.7. The molecule has 2 rings (SSSR count). The Bertz CT molecular complexity index is 622. The van der Waals surface area contributed by atoms with Crippen LogP contribution in [0.15, 0.2) is 48.7 Å². The van der Waals surface area contributed by atoms with E-state index in [0.29, 0.717) is 0 Å². The fraction of sp³-hybridized carbons (Fsp3) is 0. The number of benzene rings is 1. The summed E-state index contributed by atoms with van der Waals surface area (Å²) in [5, 5.41) is 8.71. The Morgan fingerprint density at radius 2 is 1.58 bits per heavy atom. The van der Waals surface area contributed by atoms with Crippen molar-refractivity contribution >= 4 is 17.6 Å². The molecule has 0 spiro atoms. The molecule has 0 fully saturated rings. The minimum absolute atomic E-state index is 0.00907. The maximum atomic E-state index is 13.9. The van der Waals surface area contributed by atoms with E-state index < -0.39 is 17.6 Å². The Kier molecular flexibility index (Phi) is 3.66. The number of carbonyl (C=O) groups is 1. The summed E-state index contributed by atoms with van der Waals surface area (Å²) in [5.74, 6) is -3.28. The average molecular weight is 261 g/mol. The summed E-state index contributed by atoms with van der Waals surface area (Å²) in [6.07, 6.45) is 1.36. The van der Waals surface area contributed by atoms with Crippen LogP contribution >= 0.6 is 0 Å². The first-order chi connectivity index (χ1) is 9.09. The second-order valence-corrected chi connectivity index (χ2v) is 3.73. The summed E-state index contributed by atoms with van der Waals surface area (Å²) in [7, 11) is 0. The number of hydrogen-bond donors (Lipinski definition) is 1. The van der Waals surface area contributed by atoms with Crippen molar-refractivity contribution < 1.29 is 18.7 Å². The fourth-order valence-corrected chi connectivity index (χ4v) is 1.49. The summed E-state index contributed by atoms with van der Waals surface area (Å²) >= 11 is 0. The van der Waals surface area contributed by atoms with Crippen molar-refractivity contribution in [3.05, 3.63) is 65.5 Å². The molecular weight excluding hydrogens is 252 g/mol. The van der Waals surface area contributed by atoms with Crippen molar-refractivity contribution in [1.29, 1.82) is 0 Å². The van der Waals surface area contributed by atoms with Gasteiger partial charge in [-0.25, -0.2) is 13.6 Å². The van der Waals surface area contributed by atoms with E-state index >= 15 is 0 Å². The van der Waals surface area contributed by atoms with Gasteiger partial charge in [-0.3, -0.25) is 4.98 Å². The Labute approximate surface area is 107 Å². The fourth-order valence-electron chi connectivity index (χ4n) is 1.49. The highest BCUT2D eigenvalue weighted by Gasteiger charge is 2.12. The highest BCUT2D eigenvalue weighted by molar-refractivity contribution is 5.89.